The van der Waals surface area contributed by atoms with Crippen molar-refractivity contribution in [3.8, 4) is 84.9 Å². The summed E-state index contributed by atoms with van der Waals surface area (Å²) in [6.07, 6.45) is 0. The largest absolute Gasteiger partial charge is 0.309 e. The molecule has 12 aromatic rings. The first-order valence-corrected chi connectivity index (χ1v) is 21.7. The van der Waals surface area contributed by atoms with Crippen LogP contribution in [0, 0.1) is 0 Å². The number of para-hydroxylation sites is 1. The first kappa shape index (κ1) is 37.9. The molecule has 0 spiro atoms. The van der Waals surface area contributed by atoms with E-state index < -0.39 is 0 Å². The Hall–Kier alpha value is -8.87. The maximum atomic E-state index is 5.25. The molecule has 0 radical (unpaired) electrons. The molecule has 0 aliphatic carbocycles. The smallest absolute Gasteiger partial charge is 0.164 e. The van der Waals surface area contributed by atoms with Gasteiger partial charge in [0.25, 0.3) is 0 Å². The standard InChI is InChI=1S/C59H38N6/c1-5-17-39(18-6-1)56-60-52(38-53(61-56)47-31-32-50-51-35-44-23-13-14-24-45(44)36-55(51)65(54(50)37-47)49-29-11-4-12-30-49)46-27-15-25-42(33-46)43-26-16-28-48(34-43)59-63-57(40-19-7-2-8-20-40)62-58(64-59)41-21-9-3-10-22-41/h1-38H. The Morgan fingerprint density at radius 2 is 0.662 bits per heavy atom. The molecule has 3 aromatic heterocycles. The second-order valence-corrected chi connectivity index (χ2v) is 16.1. The molecule has 0 saturated heterocycles. The number of hydrogen-bond donors (Lipinski definition) is 0. The summed E-state index contributed by atoms with van der Waals surface area (Å²) in [5, 5.41) is 4.84. The van der Waals surface area contributed by atoms with Crippen LogP contribution in [-0.2, 0) is 0 Å². The maximum Gasteiger partial charge on any atom is 0.164 e. The van der Waals surface area contributed by atoms with Crippen LogP contribution in [0.5, 0.6) is 0 Å². The molecule has 0 N–H and O–H groups in total. The molecule has 65 heavy (non-hydrogen) atoms. The van der Waals surface area contributed by atoms with Gasteiger partial charge in [0.2, 0.25) is 0 Å². The third-order valence-electron chi connectivity index (χ3n) is 12.0. The van der Waals surface area contributed by atoms with Crippen molar-refractivity contribution in [1.29, 1.82) is 0 Å². The average molecular weight is 831 g/mol. The van der Waals surface area contributed by atoms with Gasteiger partial charge >= 0.3 is 0 Å². The Kier molecular flexibility index (Phi) is 9.38. The van der Waals surface area contributed by atoms with Crippen LogP contribution in [0.25, 0.3) is 117 Å². The quantitative estimate of drug-likeness (QED) is 0.153. The topological polar surface area (TPSA) is 69.4 Å². The summed E-state index contributed by atoms with van der Waals surface area (Å²) in [5.41, 5.74) is 12.9. The van der Waals surface area contributed by atoms with E-state index in [1.807, 2.05) is 78.9 Å². The van der Waals surface area contributed by atoms with E-state index in [2.05, 4.69) is 156 Å². The highest BCUT2D eigenvalue weighted by Gasteiger charge is 2.18. The maximum absolute atomic E-state index is 5.25. The third kappa shape index (κ3) is 7.19. The van der Waals surface area contributed by atoms with E-state index in [9.17, 15) is 0 Å². The fourth-order valence-electron chi connectivity index (χ4n) is 8.81. The normalized spacial score (nSPS) is 11.4. The zero-order chi connectivity index (χ0) is 43.1. The minimum Gasteiger partial charge on any atom is -0.309 e. The van der Waals surface area contributed by atoms with Crippen LogP contribution < -0.4 is 0 Å². The van der Waals surface area contributed by atoms with Crippen LogP contribution in [0.3, 0.4) is 0 Å². The first-order chi connectivity index (χ1) is 32.2. The van der Waals surface area contributed by atoms with Crippen LogP contribution >= 0.6 is 0 Å². The van der Waals surface area contributed by atoms with Crippen molar-refractivity contribution in [2.45, 2.75) is 0 Å². The molecule has 0 aliphatic heterocycles. The molecule has 0 unspecified atom stereocenters. The van der Waals surface area contributed by atoms with Gasteiger partial charge in [-0.1, -0.05) is 182 Å². The lowest BCUT2D eigenvalue weighted by molar-refractivity contribution is 1.07. The van der Waals surface area contributed by atoms with E-state index in [-0.39, 0.29) is 0 Å². The van der Waals surface area contributed by atoms with E-state index in [0.29, 0.717) is 23.3 Å². The van der Waals surface area contributed by atoms with Gasteiger partial charge in [-0.3, -0.25) is 0 Å². The monoisotopic (exact) mass is 830 g/mol. The summed E-state index contributed by atoms with van der Waals surface area (Å²) in [5.74, 6) is 2.54. The van der Waals surface area contributed by atoms with Crippen molar-refractivity contribution >= 4 is 32.6 Å². The van der Waals surface area contributed by atoms with Gasteiger partial charge in [0.15, 0.2) is 23.3 Å². The minimum absolute atomic E-state index is 0.611. The van der Waals surface area contributed by atoms with Gasteiger partial charge in [-0.2, -0.15) is 0 Å². The SMILES string of the molecule is c1ccc(-c2nc(-c3cccc(-c4cccc(-c5nc(-c6ccccc6)nc(-c6ccccc6)n5)c4)c3)cc(-c3ccc4c5cc6ccccc6cc5n(-c5ccccc5)c4c3)n2)cc1. The molecule has 6 heteroatoms. The van der Waals surface area contributed by atoms with Crippen LogP contribution in [0.4, 0.5) is 0 Å². The summed E-state index contributed by atoms with van der Waals surface area (Å²) < 4.78 is 2.38. The van der Waals surface area contributed by atoms with Crippen molar-refractivity contribution in [1.82, 2.24) is 29.5 Å². The minimum atomic E-state index is 0.611. The zero-order valence-corrected chi connectivity index (χ0v) is 35.1. The molecule has 0 amide bonds. The van der Waals surface area contributed by atoms with Crippen molar-refractivity contribution in [2.24, 2.45) is 0 Å². The highest BCUT2D eigenvalue weighted by atomic mass is 15.0. The third-order valence-corrected chi connectivity index (χ3v) is 12.0. The average Bonchev–Trinajstić information content (AvgIpc) is 3.71. The van der Waals surface area contributed by atoms with Gasteiger partial charge in [-0.25, -0.2) is 24.9 Å². The highest BCUT2D eigenvalue weighted by molar-refractivity contribution is 6.14. The van der Waals surface area contributed by atoms with Crippen LogP contribution in [-0.4, -0.2) is 29.5 Å². The van der Waals surface area contributed by atoms with E-state index in [1.165, 1.54) is 27.1 Å². The number of aromatic nitrogens is 6. The van der Waals surface area contributed by atoms with Crippen molar-refractivity contribution < 1.29 is 0 Å². The number of fused-ring (bicyclic) bond motifs is 4. The van der Waals surface area contributed by atoms with Gasteiger partial charge in [0, 0.05) is 49.8 Å². The molecule has 9 aromatic carbocycles. The van der Waals surface area contributed by atoms with E-state index in [1.54, 1.807) is 0 Å². The summed E-state index contributed by atoms with van der Waals surface area (Å²) in [7, 11) is 0. The van der Waals surface area contributed by atoms with Gasteiger partial charge in [-0.05, 0) is 70.4 Å². The summed E-state index contributed by atoms with van der Waals surface area (Å²) >= 11 is 0. The predicted molar refractivity (Wildman–Crippen MR) is 265 cm³/mol. The molecule has 12 rings (SSSR count). The van der Waals surface area contributed by atoms with E-state index in [4.69, 9.17) is 24.9 Å². The number of nitrogens with zero attached hydrogens (tertiary/aromatic N) is 6. The fourth-order valence-corrected chi connectivity index (χ4v) is 8.81. The number of benzene rings is 9. The Balaban J connectivity index is 0.976. The zero-order valence-electron chi connectivity index (χ0n) is 35.1. The first-order valence-electron chi connectivity index (χ1n) is 21.7. The van der Waals surface area contributed by atoms with Crippen molar-refractivity contribution in [3.05, 3.63) is 231 Å². The summed E-state index contributed by atoms with van der Waals surface area (Å²) in [6, 6.07) is 80.0. The Bertz CT molecular complexity index is 3640. The molecular formula is C59H38N6. The fraction of sp³-hybridized carbons (Fsp3) is 0. The highest BCUT2D eigenvalue weighted by Crippen LogP contribution is 2.38. The Labute approximate surface area is 375 Å². The lowest BCUT2D eigenvalue weighted by atomic mass is 9.98. The summed E-state index contributed by atoms with van der Waals surface area (Å²) in [6.45, 7) is 0. The molecule has 0 aliphatic rings. The van der Waals surface area contributed by atoms with Crippen LogP contribution in [0.1, 0.15) is 0 Å². The van der Waals surface area contributed by atoms with E-state index in [0.717, 1.165) is 67.1 Å². The molecule has 304 valence electrons. The van der Waals surface area contributed by atoms with Crippen LogP contribution in [0.15, 0.2) is 231 Å². The number of hydrogen-bond acceptors (Lipinski definition) is 5. The molecule has 6 nitrogen and oxygen atoms in total. The van der Waals surface area contributed by atoms with Gasteiger partial charge in [0.1, 0.15) is 0 Å². The van der Waals surface area contributed by atoms with Gasteiger partial charge in [0.05, 0.1) is 22.4 Å². The van der Waals surface area contributed by atoms with Gasteiger partial charge < -0.3 is 4.57 Å². The second-order valence-electron chi connectivity index (χ2n) is 16.1. The van der Waals surface area contributed by atoms with Crippen molar-refractivity contribution in [2.75, 3.05) is 0 Å². The molecule has 3 heterocycles. The molecule has 0 bridgehead atoms. The lowest BCUT2D eigenvalue weighted by Gasteiger charge is -2.12. The predicted octanol–water partition coefficient (Wildman–Crippen LogP) is 14.6. The molecule has 0 fully saturated rings. The summed E-state index contributed by atoms with van der Waals surface area (Å²) in [4.78, 5) is 25.4. The Morgan fingerprint density at radius 1 is 0.246 bits per heavy atom. The lowest BCUT2D eigenvalue weighted by Crippen LogP contribution is -2.00. The molecule has 0 saturated carbocycles. The molecule has 0 atom stereocenters. The van der Waals surface area contributed by atoms with Crippen molar-refractivity contribution in [3.63, 3.8) is 0 Å². The van der Waals surface area contributed by atoms with Gasteiger partial charge in [-0.15, -0.1) is 0 Å². The number of rotatable bonds is 8. The van der Waals surface area contributed by atoms with Crippen LogP contribution in [0.2, 0.25) is 0 Å². The second kappa shape index (κ2) is 16.1. The molecular weight excluding hydrogens is 793 g/mol. The Morgan fingerprint density at radius 3 is 1.25 bits per heavy atom. The van der Waals surface area contributed by atoms with E-state index >= 15 is 0 Å².